The van der Waals surface area contributed by atoms with Crippen molar-refractivity contribution in [3.8, 4) is 0 Å². The molecular weight excluding hydrogens is 352 g/mol. The van der Waals surface area contributed by atoms with Crippen molar-refractivity contribution in [3.63, 3.8) is 0 Å². The molecule has 1 heterocycles. The van der Waals surface area contributed by atoms with Gasteiger partial charge in [-0.15, -0.1) is 0 Å². The van der Waals surface area contributed by atoms with Gasteiger partial charge in [-0.1, -0.05) is 41.9 Å². The lowest BCUT2D eigenvalue weighted by molar-refractivity contribution is 0.0680. The van der Waals surface area contributed by atoms with Crippen LogP contribution < -0.4 is 5.56 Å². The summed E-state index contributed by atoms with van der Waals surface area (Å²) in [6, 6.07) is 16.2. The highest BCUT2D eigenvalue weighted by Crippen LogP contribution is 2.19. The molecule has 0 bridgehead atoms. The van der Waals surface area contributed by atoms with Crippen LogP contribution in [0.25, 0.3) is 10.9 Å². The molecule has 6 heteroatoms. The zero-order chi connectivity index (χ0) is 18.5. The van der Waals surface area contributed by atoms with Gasteiger partial charge in [-0.2, -0.15) is 0 Å². The van der Waals surface area contributed by atoms with Gasteiger partial charge in [-0.05, 0) is 29.7 Å². The molecule has 5 nitrogen and oxygen atoms in total. The number of hydrogen-bond acceptors (Lipinski definition) is 3. The average molecular weight is 371 g/mol. The summed E-state index contributed by atoms with van der Waals surface area (Å²) in [5.41, 5.74) is 1.47. The third-order valence-corrected chi connectivity index (χ3v) is 4.48. The molecule has 1 amide bonds. The first-order chi connectivity index (χ1) is 12.6. The van der Waals surface area contributed by atoms with Gasteiger partial charge in [0.1, 0.15) is 0 Å². The molecule has 0 radical (unpaired) electrons. The number of aromatic nitrogens is 1. The predicted molar refractivity (Wildman–Crippen MR) is 103 cm³/mol. The SMILES string of the molecule is COCCN(Cc1cc2ccccc2[nH]c1=O)C(=O)c1ccccc1Cl. The number of pyridine rings is 1. The number of rotatable bonds is 6. The normalized spacial score (nSPS) is 10.8. The summed E-state index contributed by atoms with van der Waals surface area (Å²) in [5.74, 6) is -0.236. The Kier molecular flexibility index (Phi) is 5.71. The lowest BCUT2D eigenvalue weighted by atomic mass is 10.1. The van der Waals surface area contributed by atoms with Crippen molar-refractivity contribution in [1.82, 2.24) is 9.88 Å². The maximum atomic E-state index is 12.9. The van der Waals surface area contributed by atoms with E-state index in [1.165, 1.54) is 0 Å². The van der Waals surface area contributed by atoms with E-state index < -0.39 is 0 Å². The number of amides is 1. The van der Waals surface area contributed by atoms with Crippen LogP contribution in [0.1, 0.15) is 15.9 Å². The second-order valence-electron chi connectivity index (χ2n) is 5.91. The molecule has 0 spiro atoms. The third-order valence-electron chi connectivity index (χ3n) is 4.15. The van der Waals surface area contributed by atoms with Crippen LogP contribution in [0.2, 0.25) is 5.02 Å². The number of carbonyl (C=O) groups excluding carboxylic acids is 1. The average Bonchev–Trinajstić information content (AvgIpc) is 2.65. The predicted octanol–water partition coefficient (Wildman–Crippen LogP) is 3.47. The fourth-order valence-corrected chi connectivity index (χ4v) is 2.99. The Morgan fingerprint density at radius 3 is 2.65 bits per heavy atom. The van der Waals surface area contributed by atoms with Crippen molar-refractivity contribution in [2.24, 2.45) is 0 Å². The van der Waals surface area contributed by atoms with Crippen LogP contribution in [0.3, 0.4) is 0 Å². The highest BCUT2D eigenvalue weighted by Gasteiger charge is 2.19. The van der Waals surface area contributed by atoms with Gasteiger partial charge >= 0.3 is 0 Å². The lowest BCUT2D eigenvalue weighted by Gasteiger charge is -2.23. The van der Waals surface area contributed by atoms with Crippen LogP contribution in [-0.4, -0.2) is 36.1 Å². The molecule has 134 valence electrons. The minimum Gasteiger partial charge on any atom is -0.383 e. The topological polar surface area (TPSA) is 62.4 Å². The molecule has 0 aliphatic rings. The van der Waals surface area contributed by atoms with Crippen molar-refractivity contribution < 1.29 is 9.53 Å². The molecule has 3 aromatic rings. The van der Waals surface area contributed by atoms with Gasteiger partial charge in [0, 0.05) is 24.7 Å². The Morgan fingerprint density at radius 2 is 1.88 bits per heavy atom. The number of H-pyrrole nitrogens is 1. The van der Waals surface area contributed by atoms with Gasteiger partial charge in [-0.25, -0.2) is 0 Å². The van der Waals surface area contributed by atoms with Crippen LogP contribution in [0.4, 0.5) is 0 Å². The Bertz CT molecular complexity index is 984. The van der Waals surface area contributed by atoms with E-state index in [-0.39, 0.29) is 18.0 Å². The van der Waals surface area contributed by atoms with Crippen LogP contribution in [0.15, 0.2) is 59.4 Å². The molecule has 0 fully saturated rings. The number of nitrogens with zero attached hydrogens (tertiary/aromatic N) is 1. The number of hydrogen-bond donors (Lipinski definition) is 1. The molecule has 1 N–H and O–H groups in total. The van der Waals surface area contributed by atoms with Crippen molar-refractivity contribution in [3.05, 3.63) is 81.1 Å². The van der Waals surface area contributed by atoms with Gasteiger partial charge in [0.15, 0.2) is 0 Å². The molecule has 0 atom stereocenters. The molecule has 26 heavy (non-hydrogen) atoms. The number of nitrogens with one attached hydrogen (secondary N) is 1. The van der Waals surface area contributed by atoms with Crippen LogP contribution in [0.5, 0.6) is 0 Å². The summed E-state index contributed by atoms with van der Waals surface area (Å²) in [6.07, 6.45) is 0. The van der Waals surface area contributed by atoms with E-state index in [9.17, 15) is 9.59 Å². The van der Waals surface area contributed by atoms with Crippen molar-refractivity contribution in [2.75, 3.05) is 20.3 Å². The van der Waals surface area contributed by atoms with E-state index in [4.69, 9.17) is 16.3 Å². The Hall–Kier alpha value is -2.63. The number of ether oxygens (including phenoxy) is 1. The van der Waals surface area contributed by atoms with Crippen LogP contribution in [0, 0.1) is 0 Å². The zero-order valence-corrected chi connectivity index (χ0v) is 15.1. The van der Waals surface area contributed by atoms with E-state index in [0.717, 1.165) is 10.9 Å². The van der Waals surface area contributed by atoms with Crippen molar-refractivity contribution >= 4 is 28.4 Å². The lowest BCUT2D eigenvalue weighted by Crippen LogP contribution is -2.35. The first-order valence-electron chi connectivity index (χ1n) is 8.24. The van der Waals surface area contributed by atoms with Crippen molar-refractivity contribution in [1.29, 1.82) is 0 Å². The number of methoxy groups -OCH3 is 1. The smallest absolute Gasteiger partial charge is 0.255 e. The molecule has 3 rings (SSSR count). The molecule has 0 aliphatic heterocycles. The van der Waals surface area contributed by atoms with E-state index in [0.29, 0.717) is 29.3 Å². The summed E-state index contributed by atoms with van der Waals surface area (Å²) < 4.78 is 5.11. The Labute approximate surface area is 156 Å². The molecule has 0 saturated carbocycles. The van der Waals surface area contributed by atoms with Crippen LogP contribution >= 0.6 is 11.6 Å². The number of para-hydroxylation sites is 1. The van der Waals surface area contributed by atoms with Gasteiger partial charge in [0.25, 0.3) is 11.5 Å². The zero-order valence-electron chi connectivity index (χ0n) is 14.4. The minimum absolute atomic E-state index is 0.174. The van der Waals surface area contributed by atoms with E-state index in [1.807, 2.05) is 30.3 Å². The number of halogens is 1. The largest absolute Gasteiger partial charge is 0.383 e. The Morgan fingerprint density at radius 1 is 1.15 bits per heavy atom. The molecular formula is C20H19ClN2O3. The van der Waals surface area contributed by atoms with Gasteiger partial charge in [-0.3, -0.25) is 9.59 Å². The Balaban J connectivity index is 1.94. The van der Waals surface area contributed by atoms with Gasteiger partial charge < -0.3 is 14.6 Å². The van der Waals surface area contributed by atoms with Gasteiger partial charge in [0.05, 0.1) is 23.7 Å². The van der Waals surface area contributed by atoms with Crippen LogP contribution in [-0.2, 0) is 11.3 Å². The maximum Gasteiger partial charge on any atom is 0.255 e. The second-order valence-corrected chi connectivity index (χ2v) is 6.32. The number of benzene rings is 2. The first-order valence-corrected chi connectivity index (χ1v) is 8.61. The van der Waals surface area contributed by atoms with E-state index >= 15 is 0 Å². The first kappa shape index (κ1) is 18.2. The third kappa shape index (κ3) is 3.95. The summed E-state index contributed by atoms with van der Waals surface area (Å²) in [6.45, 7) is 0.891. The van der Waals surface area contributed by atoms with E-state index in [2.05, 4.69) is 4.98 Å². The number of fused-ring (bicyclic) bond motifs is 1. The summed E-state index contributed by atoms with van der Waals surface area (Å²) in [4.78, 5) is 29.8. The second kappa shape index (κ2) is 8.17. The van der Waals surface area contributed by atoms with E-state index in [1.54, 1.807) is 36.3 Å². The number of aromatic amines is 1. The fourth-order valence-electron chi connectivity index (χ4n) is 2.77. The molecule has 0 aliphatic carbocycles. The van der Waals surface area contributed by atoms with Crippen molar-refractivity contribution in [2.45, 2.75) is 6.54 Å². The minimum atomic E-state index is -0.236. The van der Waals surface area contributed by atoms with Gasteiger partial charge in [0.2, 0.25) is 0 Å². The molecule has 1 aromatic heterocycles. The number of carbonyl (C=O) groups is 1. The highest BCUT2D eigenvalue weighted by atomic mass is 35.5. The quantitative estimate of drug-likeness (QED) is 0.722. The molecule has 0 saturated heterocycles. The summed E-state index contributed by atoms with van der Waals surface area (Å²) in [5, 5.41) is 1.30. The standard InChI is InChI=1S/C20H19ClN2O3/c1-26-11-10-23(20(25)16-7-3-4-8-17(16)21)13-15-12-14-6-2-5-9-18(14)22-19(15)24/h2-9,12H,10-11,13H2,1H3,(H,22,24). The molecule has 2 aromatic carbocycles. The fraction of sp³-hybridized carbons (Fsp3) is 0.200. The summed E-state index contributed by atoms with van der Waals surface area (Å²) >= 11 is 6.16. The highest BCUT2D eigenvalue weighted by molar-refractivity contribution is 6.33. The monoisotopic (exact) mass is 370 g/mol. The maximum absolute atomic E-state index is 12.9. The molecule has 0 unspecified atom stereocenters. The summed E-state index contributed by atoms with van der Waals surface area (Å²) in [7, 11) is 1.57.